The minimum absolute atomic E-state index is 0.0276. The lowest BCUT2D eigenvalue weighted by atomic mass is 9.99. The van der Waals surface area contributed by atoms with Gasteiger partial charge in [0.2, 0.25) is 11.8 Å². The molecule has 1 aliphatic rings. The number of carbonyl (C=O) groups is 2. The van der Waals surface area contributed by atoms with Crippen LogP contribution in [0.2, 0.25) is 0 Å². The lowest BCUT2D eigenvalue weighted by molar-refractivity contribution is -0.128. The molecule has 1 N–H and O–H groups in total. The van der Waals surface area contributed by atoms with Crippen LogP contribution in [0.1, 0.15) is 46.2 Å². The number of ether oxygens (including phenoxy) is 3. The van der Waals surface area contributed by atoms with E-state index in [2.05, 4.69) is 15.3 Å². The van der Waals surface area contributed by atoms with Gasteiger partial charge in [0.1, 0.15) is 11.3 Å². The van der Waals surface area contributed by atoms with Crippen LogP contribution in [0.4, 0.5) is 10.6 Å². The number of aromatic nitrogens is 2. The highest BCUT2D eigenvalue weighted by molar-refractivity contribution is 5.86. The Hall–Kier alpha value is -2.42. The summed E-state index contributed by atoms with van der Waals surface area (Å²) in [6, 6.07) is 0. The standard InChI is InChI=1S/C19H30N4O5/c1-6-23(18(25)28-19(2,3)4)15-12-20-14(17(22-15)26-5)11-21-16(24)13-7-9-27-10-8-13/h12-13H,6-11H2,1-5H3,(H,21,24). The van der Waals surface area contributed by atoms with Crippen LogP contribution < -0.4 is 15.0 Å². The Morgan fingerprint density at radius 2 is 2.00 bits per heavy atom. The highest BCUT2D eigenvalue weighted by atomic mass is 16.6. The summed E-state index contributed by atoms with van der Waals surface area (Å²) in [4.78, 5) is 34.8. The molecule has 28 heavy (non-hydrogen) atoms. The number of nitrogens with one attached hydrogen (secondary N) is 1. The summed E-state index contributed by atoms with van der Waals surface area (Å²) in [6.45, 7) is 9.00. The molecule has 9 heteroatoms. The number of hydrogen-bond acceptors (Lipinski definition) is 7. The molecule has 0 saturated carbocycles. The predicted molar refractivity (Wildman–Crippen MR) is 103 cm³/mol. The fourth-order valence-electron chi connectivity index (χ4n) is 2.78. The first-order valence-corrected chi connectivity index (χ1v) is 9.51. The van der Waals surface area contributed by atoms with E-state index in [4.69, 9.17) is 14.2 Å². The zero-order valence-corrected chi connectivity index (χ0v) is 17.3. The van der Waals surface area contributed by atoms with Gasteiger partial charge in [0.25, 0.3) is 0 Å². The summed E-state index contributed by atoms with van der Waals surface area (Å²) in [5.41, 5.74) is -0.122. The molecule has 0 aliphatic carbocycles. The van der Waals surface area contributed by atoms with E-state index in [9.17, 15) is 9.59 Å². The van der Waals surface area contributed by atoms with Gasteiger partial charge in [-0.25, -0.2) is 9.78 Å². The van der Waals surface area contributed by atoms with Crippen LogP contribution in [-0.2, 0) is 20.8 Å². The Balaban J connectivity index is 2.07. The molecule has 0 atom stereocenters. The summed E-state index contributed by atoms with van der Waals surface area (Å²) < 4.78 is 16.0. The van der Waals surface area contributed by atoms with Crippen LogP contribution in [0.5, 0.6) is 5.88 Å². The predicted octanol–water partition coefficient (Wildman–Crippen LogP) is 2.29. The molecule has 1 saturated heterocycles. The van der Waals surface area contributed by atoms with Crippen molar-refractivity contribution < 1.29 is 23.8 Å². The normalized spacial score (nSPS) is 15.0. The SMILES string of the molecule is CCN(C(=O)OC(C)(C)C)c1cnc(CNC(=O)C2CCOCC2)c(OC)n1. The molecule has 0 radical (unpaired) electrons. The monoisotopic (exact) mass is 394 g/mol. The van der Waals surface area contributed by atoms with Crippen LogP contribution in [0.3, 0.4) is 0 Å². The van der Waals surface area contributed by atoms with Crippen molar-refractivity contribution in [1.29, 1.82) is 0 Å². The van der Waals surface area contributed by atoms with Gasteiger partial charge in [-0.2, -0.15) is 4.98 Å². The smallest absolute Gasteiger partial charge is 0.416 e. The van der Waals surface area contributed by atoms with Gasteiger partial charge in [-0.05, 0) is 40.5 Å². The lowest BCUT2D eigenvalue weighted by Gasteiger charge is -2.26. The molecule has 0 spiro atoms. The van der Waals surface area contributed by atoms with E-state index in [1.165, 1.54) is 18.2 Å². The molecule has 0 bridgehead atoms. The van der Waals surface area contributed by atoms with Crippen molar-refractivity contribution in [1.82, 2.24) is 15.3 Å². The Morgan fingerprint density at radius 1 is 1.32 bits per heavy atom. The first-order chi connectivity index (χ1) is 13.2. The maximum Gasteiger partial charge on any atom is 0.416 e. The maximum atomic E-state index is 12.4. The molecular formula is C19H30N4O5. The van der Waals surface area contributed by atoms with E-state index in [1.807, 2.05) is 6.92 Å². The molecule has 1 aromatic rings. The number of carbonyl (C=O) groups excluding carboxylic acids is 2. The van der Waals surface area contributed by atoms with Gasteiger partial charge in [0.15, 0.2) is 5.82 Å². The Labute approximate surface area is 165 Å². The van der Waals surface area contributed by atoms with Crippen molar-refractivity contribution in [3.8, 4) is 5.88 Å². The van der Waals surface area contributed by atoms with E-state index in [0.29, 0.717) is 31.3 Å². The van der Waals surface area contributed by atoms with Gasteiger partial charge in [-0.1, -0.05) is 0 Å². The van der Waals surface area contributed by atoms with Crippen molar-refractivity contribution in [3.63, 3.8) is 0 Å². The molecule has 2 amide bonds. The summed E-state index contributed by atoms with van der Waals surface area (Å²) in [7, 11) is 1.47. The van der Waals surface area contributed by atoms with Crippen LogP contribution in [0, 0.1) is 5.92 Å². The summed E-state index contributed by atoms with van der Waals surface area (Å²) >= 11 is 0. The molecule has 1 aliphatic heterocycles. The topological polar surface area (TPSA) is 103 Å². The highest BCUT2D eigenvalue weighted by Crippen LogP contribution is 2.21. The van der Waals surface area contributed by atoms with Crippen molar-refractivity contribution in [2.24, 2.45) is 5.92 Å². The first-order valence-electron chi connectivity index (χ1n) is 9.51. The number of amides is 2. The third kappa shape index (κ3) is 6.05. The van der Waals surface area contributed by atoms with Crippen LogP contribution >= 0.6 is 0 Å². The van der Waals surface area contributed by atoms with Crippen molar-refractivity contribution >= 4 is 17.8 Å². The minimum atomic E-state index is -0.615. The molecule has 9 nitrogen and oxygen atoms in total. The molecule has 2 rings (SSSR count). The molecular weight excluding hydrogens is 364 g/mol. The van der Waals surface area contributed by atoms with Crippen LogP contribution in [0.25, 0.3) is 0 Å². The van der Waals surface area contributed by atoms with Gasteiger partial charge in [-0.15, -0.1) is 0 Å². The Kier molecular flexibility index (Phi) is 7.56. The van der Waals surface area contributed by atoms with Crippen LogP contribution in [0.15, 0.2) is 6.20 Å². The van der Waals surface area contributed by atoms with Crippen molar-refractivity contribution in [2.75, 3.05) is 31.8 Å². The fourth-order valence-corrected chi connectivity index (χ4v) is 2.78. The summed E-state index contributed by atoms with van der Waals surface area (Å²) in [5, 5.41) is 2.88. The van der Waals surface area contributed by atoms with Gasteiger partial charge in [0, 0.05) is 25.7 Å². The molecule has 1 fully saturated rings. The zero-order chi connectivity index (χ0) is 20.7. The lowest BCUT2D eigenvalue weighted by Crippen LogP contribution is -2.37. The number of anilines is 1. The molecule has 0 unspecified atom stereocenters. The Bertz CT molecular complexity index is 683. The van der Waals surface area contributed by atoms with E-state index >= 15 is 0 Å². The largest absolute Gasteiger partial charge is 0.480 e. The number of rotatable bonds is 6. The van der Waals surface area contributed by atoms with E-state index in [1.54, 1.807) is 20.8 Å². The average molecular weight is 394 g/mol. The van der Waals surface area contributed by atoms with Crippen molar-refractivity contribution in [3.05, 3.63) is 11.9 Å². The summed E-state index contributed by atoms with van der Waals surface area (Å²) in [5.74, 6) is 0.509. The second kappa shape index (κ2) is 9.68. The van der Waals surface area contributed by atoms with Gasteiger partial charge >= 0.3 is 6.09 Å². The van der Waals surface area contributed by atoms with Gasteiger partial charge in [0.05, 0.1) is 19.9 Å². The van der Waals surface area contributed by atoms with E-state index in [-0.39, 0.29) is 24.2 Å². The molecule has 0 aromatic carbocycles. The van der Waals surface area contributed by atoms with Crippen molar-refractivity contribution in [2.45, 2.75) is 52.7 Å². The first kappa shape index (κ1) is 21.9. The third-order valence-electron chi connectivity index (χ3n) is 4.22. The Morgan fingerprint density at radius 3 is 2.57 bits per heavy atom. The molecule has 2 heterocycles. The second-order valence-electron chi connectivity index (χ2n) is 7.51. The third-order valence-corrected chi connectivity index (χ3v) is 4.22. The van der Waals surface area contributed by atoms with Gasteiger partial charge in [-0.3, -0.25) is 9.69 Å². The van der Waals surface area contributed by atoms with E-state index in [0.717, 1.165) is 12.8 Å². The fraction of sp³-hybridized carbons (Fsp3) is 0.684. The van der Waals surface area contributed by atoms with Gasteiger partial charge < -0.3 is 19.5 Å². The molecule has 1 aromatic heterocycles. The zero-order valence-electron chi connectivity index (χ0n) is 17.3. The van der Waals surface area contributed by atoms with E-state index < -0.39 is 11.7 Å². The second-order valence-corrected chi connectivity index (χ2v) is 7.51. The number of nitrogens with zero attached hydrogens (tertiary/aromatic N) is 3. The summed E-state index contributed by atoms with van der Waals surface area (Å²) in [6.07, 6.45) is 2.40. The highest BCUT2D eigenvalue weighted by Gasteiger charge is 2.25. The maximum absolute atomic E-state index is 12.4. The average Bonchev–Trinajstić information content (AvgIpc) is 2.66. The molecule has 156 valence electrons. The minimum Gasteiger partial charge on any atom is -0.480 e. The number of hydrogen-bond donors (Lipinski definition) is 1. The quantitative estimate of drug-likeness (QED) is 0.789. The number of methoxy groups -OCH3 is 1. The van der Waals surface area contributed by atoms with Crippen LogP contribution in [-0.4, -0.2) is 54.4 Å².